The lowest BCUT2D eigenvalue weighted by Crippen LogP contribution is -2.58. The Labute approximate surface area is 153 Å². The zero-order chi connectivity index (χ0) is 14.7. The summed E-state index contributed by atoms with van der Waals surface area (Å²) in [5, 5.41) is 0. The highest BCUT2D eigenvalue weighted by Gasteiger charge is 2.40. The molecule has 3 rings (SSSR count). The molecule has 0 bridgehead atoms. The molecule has 0 aromatic carbocycles. The molecule has 136 valence electrons. The minimum atomic E-state index is -0.536. The van der Waals surface area contributed by atoms with Crippen molar-refractivity contribution in [3.05, 3.63) is 0 Å². The van der Waals surface area contributed by atoms with E-state index in [9.17, 15) is 4.79 Å². The van der Waals surface area contributed by atoms with E-state index in [4.69, 9.17) is 5.73 Å². The van der Waals surface area contributed by atoms with E-state index in [1.807, 2.05) is 4.90 Å². The first-order chi connectivity index (χ1) is 10.2. The van der Waals surface area contributed by atoms with Gasteiger partial charge in [-0.3, -0.25) is 9.69 Å². The largest absolute Gasteiger partial charge is 0.339 e. The summed E-state index contributed by atoms with van der Waals surface area (Å²) in [6, 6.07) is 0. The third-order valence-corrected chi connectivity index (χ3v) is 5.82. The molecule has 4 nitrogen and oxygen atoms in total. The van der Waals surface area contributed by atoms with E-state index in [0.717, 1.165) is 57.8 Å². The Morgan fingerprint density at radius 1 is 0.913 bits per heavy atom. The van der Waals surface area contributed by atoms with Crippen LogP contribution in [0, 0.1) is 5.92 Å². The third kappa shape index (κ3) is 5.22. The number of amides is 1. The third-order valence-electron chi connectivity index (χ3n) is 5.82. The molecular formula is C17H33Cl2N3O. The maximum Gasteiger partial charge on any atom is 0.242 e. The van der Waals surface area contributed by atoms with Gasteiger partial charge in [0, 0.05) is 32.7 Å². The lowest BCUT2D eigenvalue weighted by molar-refractivity contribution is -0.138. The highest BCUT2D eigenvalue weighted by Crippen LogP contribution is 2.29. The second kappa shape index (κ2) is 9.45. The van der Waals surface area contributed by atoms with E-state index in [2.05, 4.69) is 4.90 Å². The van der Waals surface area contributed by atoms with Gasteiger partial charge in [0.25, 0.3) is 0 Å². The van der Waals surface area contributed by atoms with Crippen LogP contribution in [0.4, 0.5) is 0 Å². The quantitative estimate of drug-likeness (QED) is 0.836. The van der Waals surface area contributed by atoms with E-state index in [1.165, 1.54) is 38.6 Å². The molecule has 1 amide bonds. The van der Waals surface area contributed by atoms with Gasteiger partial charge >= 0.3 is 0 Å². The fourth-order valence-electron chi connectivity index (χ4n) is 4.40. The SMILES string of the molecule is Cl.Cl.NC1(C(=O)N2CCN(CC3CCCCC3)CC2)CCCC1. The van der Waals surface area contributed by atoms with Crippen LogP contribution in [-0.4, -0.2) is 54.0 Å². The van der Waals surface area contributed by atoms with Gasteiger partial charge in [0.1, 0.15) is 0 Å². The zero-order valence-electron chi connectivity index (χ0n) is 14.2. The van der Waals surface area contributed by atoms with Gasteiger partial charge < -0.3 is 10.6 Å². The molecule has 23 heavy (non-hydrogen) atoms. The predicted octanol–water partition coefficient (Wildman–Crippen LogP) is 2.83. The van der Waals surface area contributed by atoms with Crippen LogP contribution >= 0.6 is 24.8 Å². The van der Waals surface area contributed by atoms with Crippen LogP contribution < -0.4 is 5.73 Å². The van der Waals surface area contributed by atoms with E-state index in [1.54, 1.807) is 0 Å². The fourth-order valence-corrected chi connectivity index (χ4v) is 4.40. The van der Waals surface area contributed by atoms with E-state index >= 15 is 0 Å². The van der Waals surface area contributed by atoms with Crippen molar-refractivity contribution in [1.29, 1.82) is 0 Å². The summed E-state index contributed by atoms with van der Waals surface area (Å²) in [6.45, 7) is 5.08. The summed E-state index contributed by atoms with van der Waals surface area (Å²) in [4.78, 5) is 17.2. The number of carbonyl (C=O) groups is 1. The summed E-state index contributed by atoms with van der Waals surface area (Å²) in [7, 11) is 0. The Morgan fingerprint density at radius 3 is 2.04 bits per heavy atom. The van der Waals surface area contributed by atoms with Crippen LogP contribution in [0.15, 0.2) is 0 Å². The number of nitrogens with zero attached hydrogens (tertiary/aromatic N) is 2. The van der Waals surface area contributed by atoms with Crippen molar-refractivity contribution in [2.75, 3.05) is 32.7 Å². The predicted molar refractivity (Wildman–Crippen MR) is 99.5 cm³/mol. The van der Waals surface area contributed by atoms with Gasteiger partial charge in [-0.2, -0.15) is 0 Å². The summed E-state index contributed by atoms with van der Waals surface area (Å²) in [5.41, 5.74) is 5.78. The van der Waals surface area contributed by atoms with Crippen molar-refractivity contribution in [1.82, 2.24) is 9.80 Å². The summed E-state index contributed by atoms with van der Waals surface area (Å²) in [5.74, 6) is 1.12. The van der Waals surface area contributed by atoms with Crippen molar-refractivity contribution in [2.24, 2.45) is 11.7 Å². The van der Waals surface area contributed by atoms with E-state index in [0.29, 0.717) is 0 Å². The molecule has 0 spiro atoms. The molecule has 0 aromatic rings. The number of halogens is 2. The first-order valence-corrected chi connectivity index (χ1v) is 8.98. The van der Waals surface area contributed by atoms with Crippen LogP contribution in [0.25, 0.3) is 0 Å². The molecule has 0 atom stereocenters. The van der Waals surface area contributed by atoms with Crippen LogP contribution in [0.1, 0.15) is 57.8 Å². The molecule has 1 heterocycles. The number of piperazine rings is 1. The summed E-state index contributed by atoms with van der Waals surface area (Å²) in [6.07, 6.45) is 11.1. The van der Waals surface area contributed by atoms with Gasteiger partial charge in [-0.15, -0.1) is 24.8 Å². The van der Waals surface area contributed by atoms with Crippen molar-refractivity contribution in [3.63, 3.8) is 0 Å². The molecule has 2 N–H and O–H groups in total. The van der Waals surface area contributed by atoms with Gasteiger partial charge in [-0.25, -0.2) is 0 Å². The highest BCUT2D eigenvalue weighted by molar-refractivity contribution is 5.86. The second-order valence-corrected chi connectivity index (χ2v) is 7.46. The Bertz CT molecular complexity index is 361. The number of rotatable bonds is 3. The molecule has 1 aliphatic heterocycles. The molecule has 0 aromatic heterocycles. The first kappa shape index (κ1) is 21.0. The topological polar surface area (TPSA) is 49.6 Å². The maximum absolute atomic E-state index is 12.6. The number of hydrogen-bond donors (Lipinski definition) is 1. The van der Waals surface area contributed by atoms with Gasteiger partial charge in [0.15, 0.2) is 0 Å². The summed E-state index contributed by atoms with van der Waals surface area (Å²) < 4.78 is 0. The Hall–Kier alpha value is -0.0300. The van der Waals surface area contributed by atoms with Crippen molar-refractivity contribution in [3.8, 4) is 0 Å². The van der Waals surface area contributed by atoms with Crippen molar-refractivity contribution in [2.45, 2.75) is 63.3 Å². The average molecular weight is 366 g/mol. The highest BCUT2D eigenvalue weighted by atomic mass is 35.5. The zero-order valence-corrected chi connectivity index (χ0v) is 15.8. The van der Waals surface area contributed by atoms with Crippen LogP contribution in [0.3, 0.4) is 0 Å². The van der Waals surface area contributed by atoms with Crippen LogP contribution in [0.2, 0.25) is 0 Å². The lowest BCUT2D eigenvalue weighted by atomic mass is 9.89. The molecule has 0 radical (unpaired) electrons. The molecule has 3 fully saturated rings. The van der Waals surface area contributed by atoms with Gasteiger partial charge in [0.2, 0.25) is 5.91 Å². The fraction of sp³-hybridized carbons (Fsp3) is 0.941. The van der Waals surface area contributed by atoms with Crippen molar-refractivity contribution >= 4 is 30.7 Å². The molecule has 2 aliphatic carbocycles. The molecule has 3 aliphatic rings. The standard InChI is InChI=1S/C17H31N3O.2ClH/c18-17(8-4-5-9-17)16(21)20-12-10-19(11-13-20)14-15-6-2-1-3-7-15;;/h15H,1-14,18H2;2*1H. The smallest absolute Gasteiger partial charge is 0.242 e. The first-order valence-electron chi connectivity index (χ1n) is 8.98. The van der Waals surface area contributed by atoms with Gasteiger partial charge in [-0.1, -0.05) is 32.1 Å². The minimum absolute atomic E-state index is 0. The van der Waals surface area contributed by atoms with Crippen LogP contribution in [-0.2, 0) is 4.79 Å². The molecular weight excluding hydrogens is 333 g/mol. The van der Waals surface area contributed by atoms with Gasteiger partial charge in [-0.05, 0) is 31.6 Å². The summed E-state index contributed by atoms with van der Waals surface area (Å²) >= 11 is 0. The second-order valence-electron chi connectivity index (χ2n) is 7.46. The number of nitrogens with two attached hydrogens (primary N) is 1. The molecule has 6 heteroatoms. The maximum atomic E-state index is 12.6. The monoisotopic (exact) mass is 365 g/mol. The lowest BCUT2D eigenvalue weighted by Gasteiger charge is -2.40. The average Bonchev–Trinajstić information content (AvgIpc) is 2.96. The van der Waals surface area contributed by atoms with Gasteiger partial charge in [0.05, 0.1) is 5.54 Å². The van der Waals surface area contributed by atoms with E-state index < -0.39 is 5.54 Å². The number of hydrogen-bond acceptors (Lipinski definition) is 3. The minimum Gasteiger partial charge on any atom is -0.339 e. The molecule has 2 saturated carbocycles. The van der Waals surface area contributed by atoms with Crippen molar-refractivity contribution < 1.29 is 4.79 Å². The van der Waals surface area contributed by atoms with Crippen LogP contribution in [0.5, 0.6) is 0 Å². The van der Waals surface area contributed by atoms with E-state index in [-0.39, 0.29) is 30.7 Å². The molecule has 1 saturated heterocycles. The number of carbonyl (C=O) groups excluding carboxylic acids is 1. The Morgan fingerprint density at radius 2 is 1.48 bits per heavy atom. The molecule has 0 unspecified atom stereocenters. The normalized spacial score (nSPS) is 25.5. The Kier molecular flexibility index (Phi) is 8.64. The Balaban J connectivity index is 0.00000132.